The van der Waals surface area contributed by atoms with E-state index in [2.05, 4.69) is 19.2 Å². The fraction of sp³-hybridized carbons (Fsp3) is 0.667. The number of hydrogen-bond donors (Lipinski definition) is 1. The largest absolute Gasteiger partial charge is 0.468 e. The molecular weight excluding hydrogens is 190 g/mol. The number of nitrogens with one attached hydrogen (secondary N) is 1. The Hall–Kier alpha value is -0.800. The zero-order valence-corrected chi connectivity index (χ0v) is 9.45. The smallest absolute Gasteiger partial charge is 0.117 e. The van der Waals surface area contributed by atoms with Gasteiger partial charge in [0, 0.05) is 12.6 Å². The fourth-order valence-corrected chi connectivity index (χ4v) is 2.06. The van der Waals surface area contributed by atoms with Crippen molar-refractivity contribution >= 4 is 0 Å². The van der Waals surface area contributed by atoms with Crippen LogP contribution >= 0.6 is 0 Å². The molecule has 15 heavy (non-hydrogen) atoms. The third-order valence-corrected chi connectivity index (χ3v) is 2.84. The van der Waals surface area contributed by atoms with E-state index in [1.54, 1.807) is 6.26 Å². The van der Waals surface area contributed by atoms with E-state index >= 15 is 0 Å². The van der Waals surface area contributed by atoms with Crippen LogP contribution in [0.4, 0.5) is 0 Å². The van der Waals surface area contributed by atoms with E-state index in [9.17, 15) is 0 Å². The first-order chi connectivity index (χ1) is 7.16. The van der Waals surface area contributed by atoms with E-state index in [1.165, 1.54) is 0 Å². The number of rotatable bonds is 3. The normalized spacial score (nSPS) is 25.3. The molecule has 1 atom stereocenters. The number of ether oxygens (including phenoxy) is 1. The lowest BCUT2D eigenvalue weighted by Gasteiger charge is -2.35. The summed E-state index contributed by atoms with van der Waals surface area (Å²) in [6.07, 6.45) is 3.86. The van der Waals surface area contributed by atoms with Gasteiger partial charge in [0.15, 0.2) is 0 Å². The van der Waals surface area contributed by atoms with Crippen LogP contribution < -0.4 is 5.32 Å². The van der Waals surface area contributed by atoms with E-state index in [4.69, 9.17) is 9.15 Å². The van der Waals surface area contributed by atoms with E-state index in [0.29, 0.717) is 6.04 Å². The summed E-state index contributed by atoms with van der Waals surface area (Å²) < 4.78 is 11.0. The standard InChI is InChI=1S/C12H19NO2/c1-12(2)8-10(5-7-15-12)13-9-11-4-3-6-14-11/h3-4,6,10,13H,5,7-9H2,1-2H3/t10-/m0/s1. The molecule has 0 aliphatic carbocycles. The molecule has 1 aliphatic heterocycles. The van der Waals surface area contributed by atoms with Crippen molar-refractivity contribution in [1.29, 1.82) is 0 Å². The molecule has 0 bridgehead atoms. The van der Waals surface area contributed by atoms with Crippen LogP contribution in [0.25, 0.3) is 0 Å². The molecule has 1 N–H and O–H groups in total. The zero-order valence-electron chi connectivity index (χ0n) is 9.45. The van der Waals surface area contributed by atoms with Crippen LogP contribution in [0.2, 0.25) is 0 Å². The lowest BCUT2D eigenvalue weighted by molar-refractivity contribution is -0.0632. The Bertz CT molecular complexity index is 293. The molecule has 1 aliphatic rings. The van der Waals surface area contributed by atoms with Gasteiger partial charge < -0.3 is 14.5 Å². The molecule has 1 saturated heterocycles. The predicted octanol–water partition coefficient (Wildman–Crippen LogP) is 2.33. The average molecular weight is 209 g/mol. The van der Waals surface area contributed by atoms with E-state index in [1.807, 2.05) is 12.1 Å². The van der Waals surface area contributed by atoms with Crippen LogP contribution in [0.1, 0.15) is 32.4 Å². The van der Waals surface area contributed by atoms with Gasteiger partial charge in [0.1, 0.15) is 5.76 Å². The van der Waals surface area contributed by atoms with Gasteiger partial charge in [-0.25, -0.2) is 0 Å². The molecule has 0 aromatic carbocycles. The Balaban J connectivity index is 1.80. The molecule has 84 valence electrons. The van der Waals surface area contributed by atoms with E-state index in [-0.39, 0.29) is 5.60 Å². The summed E-state index contributed by atoms with van der Waals surface area (Å²) in [7, 11) is 0. The summed E-state index contributed by atoms with van der Waals surface area (Å²) >= 11 is 0. The predicted molar refractivity (Wildman–Crippen MR) is 58.6 cm³/mol. The highest BCUT2D eigenvalue weighted by Gasteiger charge is 2.28. The monoisotopic (exact) mass is 209 g/mol. The van der Waals surface area contributed by atoms with Gasteiger partial charge >= 0.3 is 0 Å². The lowest BCUT2D eigenvalue weighted by atomic mass is 9.94. The Morgan fingerprint density at radius 3 is 3.07 bits per heavy atom. The highest BCUT2D eigenvalue weighted by Crippen LogP contribution is 2.24. The third kappa shape index (κ3) is 3.08. The fourth-order valence-electron chi connectivity index (χ4n) is 2.06. The molecule has 0 unspecified atom stereocenters. The molecule has 0 amide bonds. The van der Waals surface area contributed by atoms with Gasteiger partial charge in [-0.05, 0) is 38.8 Å². The van der Waals surface area contributed by atoms with Crippen molar-refractivity contribution in [3.63, 3.8) is 0 Å². The van der Waals surface area contributed by atoms with Gasteiger partial charge in [-0.3, -0.25) is 0 Å². The first kappa shape index (κ1) is 10.7. The number of hydrogen-bond acceptors (Lipinski definition) is 3. The van der Waals surface area contributed by atoms with Crippen LogP contribution in [-0.4, -0.2) is 18.2 Å². The average Bonchev–Trinajstić information content (AvgIpc) is 2.65. The van der Waals surface area contributed by atoms with Crippen molar-refractivity contribution in [2.24, 2.45) is 0 Å². The molecule has 3 nitrogen and oxygen atoms in total. The van der Waals surface area contributed by atoms with E-state index < -0.39 is 0 Å². The minimum atomic E-state index is 0.0130. The van der Waals surface area contributed by atoms with Crippen LogP contribution in [0.3, 0.4) is 0 Å². The Morgan fingerprint density at radius 1 is 1.53 bits per heavy atom. The summed E-state index contributed by atoms with van der Waals surface area (Å²) in [6, 6.07) is 4.46. The maximum atomic E-state index is 5.67. The molecule has 3 heteroatoms. The van der Waals surface area contributed by atoms with Crippen LogP contribution in [0.15, 0.2) is 22.8 Å². The third-order valence-electron chi connectivity index (χ3n) is 2.84. The van der Waals surface area contributed by atoms with Gasteiger partial charge in [0.2, 0.25) is 0 Å². The Labute approximate surface area is 90.8 Å². The highest BCUT2D eigenvalue weighted by atomic mass is 16.5. The van der Waals surface area contributed by atoms with Crippen LogP contribution in [0.5, 0.6) is 0 Å². The van der Waals surface area contributed by atoms with E-state index in [0.717, 1.165) is 31.8 Å². The molecule has 1 aromatic heterocycles. The minimum Gasteiger partial charge on any atom is -0.468 e. The second-order valence-corrected chi connectivity index (χ2v) is 4.76. The van der Waals surface area contributed by atoms with Gasteiger partial charge in [0.05, 0.1) is 18.4 Å². The van der Waals surface area contributed by atoms with Crippen molar-refractivity contribution in [3.05, 3.63) is 24.2 Å². The molecule has 0 spiro atoms. The summed E-state index contributed by atoms with van der Waals surface area (Å²) in [5, 5.41) is 3.51. The summed E-state index contributed by atoms with van der Waals surface area (Å²) in [4.78, 5) is 0. The molecule has 1 fully saturated rings. The molecule has 0 radical (unpaired) electrons. The topological polar surface area (TPSA) is 34.4 Å². The van der Waals surface area contributed by atoms with Crippen molar-refractivity contribution in [2.75, 3.05) is 6.61 Å². The summed E-state index contributed by atoms with van der Waals surface area (Å²) in [6.45, 7) is 5.96. The Kier molecular flexibility index (Phi) is 3.12. The number of furan rings is 1. The summed E-state index contributed by atoms with van der Waals surface area (Å²) in [5.41, 5.74) is 0.0130. The summed E-state index contributed by atoms with van der Waals surface area (Å²) in [5.74, 6) is 0.999. The van der Waals surface area contributed by atoms with Gasteiger partial charge in [-0.2, -0.15) is 0 Å². The SMILES string of the molecule is CC1(C)C[C@@H](NCc2ccco2)CCO1. The Morgan fingerprint density at radius 2 is 2.40 bits per heavy atom. The second-order valence-electron chi connectivity index (χ2n) is 4.76. The van der Waals surface area contributed by atoms with Crippen LogP contribution in [0, 0.1) is 0 Å². The maximum absolute atomic E-state index is 5.67. The van der Waals surface area contributed by atoms with Gasteiger partial charge in [0.25, 0.3) is 0 Å². The molecular formula is C12H19NO2. The van der Waals surface area contributed by atoms with Crippen molar-refractivity contribution in [2.45, 2.75) is 44.9 Å². The quantitative estimate of drug-likeness (QED) is 0.829. The lowest BCUT2D eigenvalue weighted by Crippen LogP contribution is -2.43. The van der Waals surface area contributed by atoms with Crippen molar-refractivity contribution in [3.8, 4) is 0 Å². The molecule has 0 saturated carbocycles. The first-order valence-electron chi connectivity index (χ1n) is 5.55. The molecule has 2 rings (SSSR count). The van der Waals surface area contributed by atoms with Gasteiger partial charge in [-0.1, -0.05) is 0 Å². The highest BCUT2D eigenvalue weighted by molar-refractivity contribution is 4.98. The van der Waals surface area contributed by atoms with Crippen LogP contribution in [-0.2, 0) is 11.3 Å². The van der Waals surface area contributed by atoms with Crippen molar-refractivity contribution in [1.82, 2.24) is 5.32 Å². The van der Waals surface area contributed by atoms with Crippen molar-refractivity contribution < 1.29 is 9.15 Å². The van der Waals surface area contributed by atoms with Gasteiger partial charge in [-0.15, -0.1) is 0 Å². The second kappa shape index (κ2) is 4.37. The zero-order chi connectivity index (χ0) is 10.7. The molecule has 1 aromatic rings. The minimum absolute atomic E-state index is 0.0130. The maximum Gasteiger partial charge on any atom is 0.117 e. The first-order valence-corrected chi connectivity index (χ1v) is 5.55. The molecule has 2 heterocycles.